The van der Waals surface area contributed by atoms with Crippen molar-refractivity contribution in [3.05, 3.63) is 58.0 Å². The molecule has 2 amide bonds. The van der Waals surface area contributed by atoms with Crippen LogP contribution in [0.4, 0.5) is 5.69 Å². The molecule has 26 heavy (non-hydrogen) atoms. The number of rotatable bonds is 9. The Morgan fingerprint density at radius 3 is 2.62 bits per heavy atom. The first-order valence-electron chi connectivity index (χ1n) is 7.81. The van der Waals surface area contributed by atoms with Crippen LogP contribution in [0.1, 0.15) is 0 Å². The van der Waals surface area contributed by atoms with E-state index in [0.717, 1.165) is 4.47 Å². The maximum Gasteiger partial charge on any atom is 0.234 e. The Balaban J connectivity index is 1.56. The van der Waals surface area contributed by atoms with Crippen molar-refractivity contribution in [2.75, 3.05) is 30.0 Å². The molecule has 0 aliphatic heterocycles. The second-order valence-corrected chi connectivity index (χ2v) is 7.54. The van der Waals surface area contributed by atoms with Gasteiger partial charge in [-0.1, -0.05) is 39.7 Å². The highest BCUT2D eigenvalue weighted by molar-refractivity contribution is 9.10. The van der Waals surface area contributed by atoms with E-state index in [0.29, 0.717) is 29.6 Å². The fourth-order valence-corrected chi connectivity index (χ4v) is 3.19. The van der Waals surface area contributed by atoms with Crippen molar-refractivity contribution in [2.45, 2.75) is 0 Å². The molecule has 0 saturated heterocycles. The predicted molar refractivity (Wildman–Crippen MR) is 110 cm³/mol. The average molecular weight is 458 g/mol. The van der Waals surface area contributed by atoms with Gasteiger partial charge in [-0.25, -0.2) is 0 Å². The molecule has 5 nitrogen and oxygen atoms in total. The lowest BCUT2D eigenvalue weighted by molar-refractivity contribution is -0.118. The number of carbonyl (C=O) groups is 2. The summed E-state index contributed by atoms with van der Waals surface area (Å²) < 4.78 is 6.37. The van der Waals surface area contributed by atoms with Crippen molar-refractivity contribution >= 4 is 56.8 Å². The smallest absolute Gasteiger partial charge is 0.234 e. The molecule has 0 radical (unpaired) electrons. The van der Waals surface area contributed by atoms with E-state index in [1.54, 1.807) is 30.3 Å². The summed E-state index contributed by atoms with van der Waals surface area (Å²) in [6.07, 6.45) is 0. The summed E-state index contributed by atoms with van der Waals surface area (Å²) in [5, 5.41) is 6.12. The summed E-state index contributed by atoms with van der Waals surface area (Å²) in [5.41, 5.74) is 0.715. The van der Waals surface area contributed by atoms with Gasteiger partial charge in [0.25, 0.3) is 0 Å². The van der Waals surface area contributed by atoms with Crippen molar-refractivity contribution < 1.29 is 14.3 Å². The normalized spacial score (nSPS) is 10.2. The highest BCUT2D eigenvalue weighted by Gasteiger charge is 2.06. The van der Waals surface area contributed by atoms with Crippen LogP contribution in [-0.2, 0) is 9.59 Å². The number of thioether (sulfide) groups is 1. The number of hydrogen-bond acceptors (Lipinski definition) is 4. The summed E-state index contributed by atoms with van der Waals surface area (Å²) >= 11 is 10.5. The van der Waals surface area contributed by atoms with Gasteiger partial charge < -0.3 is 15.4 Å². The number of amides is 2. The van der Waals surface area contributed by atoms with Gasteiger partial charge in [0, 0.05) is 15.2 Å². The molecule has 0 aliphatic carbocycles. The molecule has 0 bridgehead atoms. The molecule has 0 unspecified atom stereocenters. The molecule has 2 aromatic carbocycles. The Kier molecular flexibility index (Phi) is 8.80. The van der Waals surface area contributed by atoms with Crippen LogP contribution in [0.2, 0.25) is 5.02 Å². The number of benzene rings is 2. The quantitative estimate of drug-likeness (QED) is 0.559. The minimum absolute atomic E-state index is 0.139. The maximum atomic E-state index is 11.8. The van der Waals surface area contributed by atoms with E-state index in [2.05, 4.69) is 26.6 Å². The minimum atomic E-state index is -0.148. The van der Waals surface area contributed by atoms with Crippen LogP contribution in [0.15, 0.2) is 53.0 Å². The molecule has 0 atom stereocenters. The third-order valence-corrected chi connectivity index (χ3v) is 4.72. The lowest BCUT2D eigenvalue weighted by Crippen LogP contribution is -2.30. The summed E-state index contributed by atoms with van der Waals surface area (Å²) in [6, 6.07) is 14.4. The van der Waals surface area contributed by atoms with Gasteiger partial charge in [-0.05, 0) is 36.4 Å². The van der Waals surface area contributed by atoms with Gasteiger partial charge in [-0.3, -0.25) is 9.59 Å². The number of nitrogens with one attached hydrogen (secondary N) is 2. The first-order chi connectivity index (χ1) is 12.5. The Bertz CT molecular complexity index is 761. The number of carbonyl (C=O) groups excluding carboxylic acids is 2. The summed E-state index contributed by atoms with van der Waals surface area (Å²) in [6.45, 7) is 0.732. The molecule has 2 rings (SSSR count). The van der Waals surface area contributed by atoms with Crippen LogP contribution in [0, 0.1) is 0 Å². The van der Waals surface area contributed by atoms with Crippen molar-refractivity contribution in [1.82, 2.24) is 5.32 Å². The van der Waals surface area contributed by atoms with Crippen LogP contribution in [0.3, 0.4) is 0 Å². The zero-order valence-corrected chi connectivity index (χ0v) is 17.0. The van der Waals surface area contributed by atoms with Crippen LogP contribution in [-0.4, -0.2) is 36.5 Å². The molecule has 0 aromatic heterocycles. The van der Waals surface area contributed by atoms with Gasteiger partial charge in [0.05, 0.1) is 18.1 Å². The molecule has 0 fully saturated rings. The molecular formula is C18H18BrClN2O3S. The molecule has 138 valence electrons. The van der Waals surface area contributed by atoms with Crippen molar-refractivity contribution in [2.24, 2.45) is 0 Å². The molecule has 2 aromatic rings. The lowest BCUT2D eigenvalue weighted by atomic mass is 10.3. The lowest BCUT2D eigenvalue weighted by Gasteiger charge is -2.08. The summed E-state index contributed by atoms with van der Waals surface area (Å²) in [7, 11) is 0. The number of hydrogen-bond donors (Lipinski definition) is 2. The van der Waals surface area contributed by atoms with Gasteiger partial charge in [0.2, 0.25) is 11.8 Å². The molecule has 0 spiro atoms. The predicted octanol–water partition coefficient (Wildman–Crippen LogP) is 3.97. The van der Waals surface area contributed by atoms with Crippen molar-refractivity contribution in [3.63, 3.8) is 0 Å². The van der Waals surface area contributed by atoms with Crippen LogP contribution in [0.5, 0.6) is 5.75 Å². The first-order valence-corrected chi connectivity index (χ1v) is 10.1. The van der Waals surface area contributed by atoms with Gasteiger partial charge >= 0.3 is 0 Å². The molecule has 0 heterocycles. The van der Waals surface area contributed by atoms with Crippen molar-refractivity contribution in [3.8, 4) is 5.75 Å². The largest absolute Gasteiger partial charge is 0.492 e. The van der Waals surface area contributed by atoms with E-state index in [9.17, 15) is 9.59 Å². The average Bonchev–Trinajstić information content (AvgIpc) is 2.59. The van der Waals surface area contributed by atoms with E-state index < -0.39 is 0 Å². The highest BCUT2D eigenvalue weighted by atomic mass is 79.9. The van der Waals surface area contributed by atoms with E-state index in [-0.39, 0.29) is 23.3 Å². The molecule has 8 heteroatoms. The van der Waals surface area contributed by atoms with Crippen LogP contribution < -0.4 is 15.4 Å². The van der Waals surface area contributed by atoms with Gasteiger partial charge in [0.15, 0.2) is 0 Å². The Morgan fingerprint density at radius 1 is 1.08 bits per heavy atom. The molecule has 0 saturated carbocycles. The molecular weight excluding hydrogens is 440 g/mol. The summed E-state index contributed by atoms with van der Waals surface area (Å²) in [4.78, 5) is 23.6. The third-order valence-electron chi connectivity index (χ3n) is 3.06. The zero-order chi connectivity index (χ0) is 18.8. The topological polar surface area (TPSA) is 67.4 Å². The highest BCUT2D eigenvalue weighted by Crippen LogP contribution is 2.17. The number of anilines is 1. The van der Waals surface area contributed by atoms with Crippen LogP contribution >= 0.6 is 39.3 Å². The monoisotopic (exact) mass is 456 g/mol. The van der Waals surface area contributed by atoms with E-state index in [4.69, 9.17) is 16.3 Å². The van der Waals surface area contributed by atoms with E-state index in [1.807, 2.05) is 18.2 Å². The van der Waals surface area contributed by atoms with Gasteiger partial charge in [0.1, 0.15) is 12.4 Å². The first kappa shape index (κ1) is 20.6. The summed E-state index contributed by atoms with van der Waals surface area (Å²) in [5.74, 6) is 0.789. The second-order valence-electron chi connectivity index (χ2n) is 5.21. The van der Waals surface area contributed by atoms with Gasteiger partial charge in [-0.15, -0.1) is 11.8 Å². The Hall–Kier alpha value is -1.70. The Labute approximate surface area is 170 Å². The fourth-order valence-electron chi connectivity index (χ4n) is 1.97. The molecule has 0 aliphatic rings. The maximum absolute atomic E-state index is 11.8. The fraction of sp³-hybridized carbons (Fsp3) is 0.222. The zero-order valence-electron chi connectivity index (χ0n) is 13.8. The third kappa shape index (κ3) is 8.12. The van der Waals surface area contributed by atoms with Crippen molar-refractivity contribution in [1.29, 1.82) is 0 Å². The molecule has 2 N–H and O–H groups in total. The number of halogens is 2. The van der Waals surface area contributed by atoms with Gasteiger partial charge in [-0.2, -0.15) is 0 Å². The SMILES string of the molecule is O=C(CSCC(=O)Nc1cccc(Br)c1)NCCOc1cccc(Cl)c1. The minimum Gasteiger partial charge on any atom is -0.492 e. The van der Waals surface area contributed by atoms with Crippen LogP contribution in [0.25, 0.3) is 0 Å². The number of ether oxygens (including phenoxy) is 1. The van der Waals surface area contributed by atoms with E-state index >= 15 is 0 Å². The second kappa shape index (κ2) is 11.1. The Morgan fingerprint density at radius 2 is 1.85 bits per heavy atom. The van der Waals surface area contributed by atoms with E-state index in [1.165, 1.54) is 11.8 Å². The standard InChI is InChI=1S/C18H18BrClN2O3S/c19-13-3-1-5-15(9-13)22-18(24)12-26-11-17(23)21-7-8-25-16-6-2-4-14(20)10-16/h1-6,9-10H,7-8,11-12H2,(H,21,23)(H,22,24).